The highest BCUT2D eigenvalue weighted by atomic mass is 19.3. The average molecular weight is 173 g/mol. The third-order valence-electron chi connectivity index (χ3n) is 2.41. The number of nitrogens with zero attached hydrogens (tertiary/aromatic N) is 1. The van der Waals surface area contributed by atoms with Crippen molar-refractivity contribution in [1.29, 1.82) is 5.26 Å². The quantitative estimate of drug-likeness (QED) is 0.629. The third kappa shape index (κ3) is 2.77. The molecule has 1 aliphatic carbocycles. The first kappa shape index (κ1) is 9.44. The second kappa shape index (κ2) is 3.84. The normalized spacial score (nSPS) is 27.9. The van der Waals surface area contributed by atoms with Crippen LogP contribution in [-0.4, -0.2) is 5.92 Å². The van der Waals surface area contributed by atoms with Crippen LogP contribution in [-0.2, 0) is 0 Å². The lowest BCUT2D eigenvalue weighted by atomic mass is 9.84. The maximum atomic E-state index is 12.8. The van der Waals surface area contributed by atoms with Gasteiger partial charge in [-0.25, -0.2) is 8.78 Å². The molecule has 12 heavy (non-hydrogen) atoms. The van der Waals surface area contributed by atoms with E-state index in [2.05, 4.69) is 0 Å². The molecule has 0 N–H and O–H groups in total. The smallest absolute Gasteiger partial charge is 0.207 e. The number of hydrogen-bond acceptors (Lipinski definition) is 1. The number of halogens is 2. The van der Waals surface area contributed by atoms with Gasteiger partial charge in [0.25, 0.3) is 0 Å². The third-order valence-corrected chi connectivity index (χ3v) is 2.41. The van der Waals surface area contributed by atoms with Gasteiger partial charge in [0.1, 0.15) is 0 Å². The molecule has 0 bridgehead atoms. The lowest BCUT2D eigenvalue weighted by Crippen LogP contribution is -2.25. The lowest BCUT2D eigenvalue weighted by Gasteiger charge is -2.28. The van der Waals surface area contributed by atoms with Crippen LogP contribution in [0.15, 0.2) is 0 Å². The first-order valence-electron chi connectivity index (χ1n) is 4.39. The molecule has 0 radical (unpaired) electrons. The summed E-state index contributed by atoms with van der Waals surface area (Å²) in [6.07, 6.45) is 2.58. The lowest BCUT2D eigenvalue weighted by molar-refractivity contribution is -0.0532. The highest BCUT2D eigenvalue weighted by Gasteiger charge is 2.35. The molecule has 1 rings (SSSR count). The molecule has 68 valence electrons. The number of alkyl halides is 2. The van der Waals surface area contributed by atoms with Crippen LogP contribution in [0.2, 0.25) is 0 Å². The van der Waals surface area contributed by atoms with Gasteiger partial charge >= 0.3 is 0 Å². The van der Waals surface area contributed by atoms with Crippen LogP contribution in [0.5, 0.6) is 0 Å². The van der Waals surface area contributed by atoms with E-state index < -0.39 is 5.92 Å². The first-order chi connectivity index (χ1) is 5.64. The van der Waals surface area contributed by atoms with E-state index >= 15 is 0 Å². The van der Waals surface area contributed by atoms with Crippen molar-refractivity contribution in [3.63, 3.8) is 0 Å². The number of hydrogen-bond donors (Lipinski definition) is 0. The van der Waals surface area contributed by atoms with Crippen molar-refractivity contribution in [1.82, 2.24) is 0 Å². The Hall–Kier alpha value is -0.650. The zero-order valence-corrected chi connectivity index (χ0v) is 7.02. The minimum atomic E-state index is -2.46. The molecule has 0 heterocycles. The van der Waals surface area contributed by atoms with Gasteiger partial charge in [-0.15, -0.1) is 0 Å². The van der Waals surface area contributed by atoms with E-state index in [1.165, 1.54) is 0 Å². The molecule has 1 atom stereocenters. The fraction of sp³-hybridized carbons (Fsp3) is 0.889. The summed E-state index contributed by atoms with van der Waals surface area (Å²) in [5.74, 6) is -2.38. The molecule has 1 aliphatic rings. The molecular weight excluding hydrogens is 160 g/mol. The van der Waals surface area contributed by atoms with Crippen LogP contribution >= 0.6 is 0 Å². The minimum absolute atomic E-state index is 0.00528. The maximum absolute atomic E-state index is 12.8. The second-order valence-corrected chi connectivity index (χ2v) is 3.52. The van der Waals surface area contributed by atoms with Crippen molar-refractivity contribution >= 4 is 0 Å². The Labute approximate surface area is 71.4 Å². The molecule has 0 aliphatic heterocycles. The molecule has 0 aromatic rings. The Balaban J connectivity index is 2.32. The largest absolute Gasteiger partial charge is 0.248 e. The summed E-state index contributed by atoms with van der Waals surface area (Å²) in [4.78, 5) is 0. The fourth-order valence-electron chi connectivity index (χ4n) is 1.79. The summed E-state index contributed by atoms with van der Waals surface area (Å²) in [6.45, 7) is 0. The number of nitriles is 1. The highest BCUT2D eigenvalue weighted by molar-refractivity contribution is 4.81. The van der Waals surface area contributed by atoms with Gasteiger partial charge in [0.2, 0.25) is 5.92 Å². The van der Waals surface area contributed by atoms with E-state index in [-0.39, 0.29) is 18.8 Å². The van der Waals surface area contributed by atoms with Crippen molar-refractivity contribution in [3.8, 4) is 6.07 Å². The average Bonchev–Trinajstić information content (AvgIpc) is 1.99. The van der Waals surface area contributed by atoms with E-state index in [0.717, 1.165) is 6.42 Å². The molecule has 0 spiro atoms. The van der Waals surface area contributed by atoms with Crippen LogP contribution < -0.4 is 0 Å². The molecule has 1 unspecified atom stereocenters. The summed E-state index contributed by atoms with van der Waals surface area (Å²) in [5, 5.41) is 8.29. The minimum Gasteiger partial charge on any atom is -0.207 e. The van der Waals surface area contributed by atoms with Crippen LogP contribution in [0.4, 0.5) is 8.78 Å². The molecule has 1 saturated carbocycles. The molecular formula is C9H13F2N. The van der Waals surface area contributed by atoms with E-state index in [1.807, 2.05) is 6.07 Å². The molecule has 0 amide bonds. The topological polar surface area (TPSA) is 23.8 Å². The summed E-state index contributed by atoms with van der Waals surface area (Å²) in [7, 11) is 0. The Morgan fingerprint density at radius 1 is 1.50 bits per heavy atom. The van der Waals surface area contributed by atoms with E-state index in [1.54, 1.807) is 0 Å². The molecule has 0 aromatic carbocycles. The molecule has 1 fully saturated rings. The monoisotopic (exact) mass is 173 g/mol. The fourth-order valence-corrected chi connectivity index (χ4v) is 1.79. The molecule has 0 aromatic heterocycles. The first-order valence-corrected chi connectivity index (χ1v) is 4.39. The summed E-state index contributed by atoms with van der Waals surface area (Å²) in [6, 6.07) is 2.00. The summed E-state index contributed by atoms with van der Waals surface area (Å²) >= 11 is 0. The standard InChI is InChI=1S/C9H13F2N/c10-9(11)5-1-3-8(7-9)4-2-6-12/h8H,1-5,7H2. The van der Waals surface area contributed by atoms with Gasteiger partial charge in [0.15, 0.2) is 0 Å². The van der Waals surface area contributed by atoms with Gasteiger partial charge in [-0.2, -0.15) is 5.26 Å². The summed E-state index contributed by atoms with van der Waals surface area (Å²) in [5.41, 5.74) is 0. The Kier molecular flexibility index (Phi) is 3.02. The van der Waals surface area contributed by atoms with Gasteiger partial charge in [0, 0.05) is 19.3 Å². The Bertz CT molecular complexity index is 183. The van der Waals surface area contributed by atoms with Gasteiger partial charge in [-0.05, 0) is 25.2 Å². The summed E-state index contributed by atoms with van der Waals surface area (Å²) < 4.78 is 25.6. The van der Waals surface area contributed by atoms with Gasteiger partial charge in [-0.1, -0.05) is 0 Å². The van der Waals surface area contributed by atoms with Crippen molar-refractivity contribution in [2.45, 2.75) is 44.4 Å². The Morgan fingerprint density at radius 2 is 2.25 bits per heavy atom. The van der Waals surface area contributed by atoms with Crippen LogP contribution in [0.1, 0.15) is 38.5 Å². The van der Waals surface area contributed by atoms with Crippen LogP contribution in [0, 0.1) is 17.2 Å². The predicted molar refractivity (Wildman–Crippen MR) is 41.8 cm³/mol. The number of rotatable bonds is 2. The molecule has 0 saturated heterocycles. The molecule has 1 nitrogen and oxygen atoms in total. The highest BCUT2D eigenvalue weighted by Crippen LogP contribution is 2.38. The van der Waals surface area contributed by atoms with Crippen LogP contribution in [0.3, 0.4) is 0 Å². The van der Waals surface area contributed by atoms with Gasteiger partial charge < -0.3 is 0 Å². The predicted octanol–water partition coefficient (Wildman–Crippen LogP) is 3.12. The van der Waals surface area contributed by atoms with Gasteiger partial charge in [0.05, 0.1) is 6.07 Å². The Morgan fingerprint density at radius 3 is 2.83 bits per heavy atom. The zero-order chi connectivity index (χ0) is 9.03. The van der Waals surface area contributed by atoms with Crippen molar-refractivity contribution in [3.05, 3.63) is 0 Å². The van der Waals surface area contributed by atoms with E-state index in [9.17, 15) is 8.78 Å². The van der Waals surface area contributed by atoms with Crippen molar-refractivity contribution in [2.24, 2.45) is 5.92 Å². The SMILES string of the molecule is N#CCCC1CCCC(F)(F)C1. The van der Waals surface area contributed by atoms with Crippen molar-refractivity contribution in [2.75, 3.05) is 0 Å². The molecule has 3 heteroatoms. The maximum Gasteiger partial charge on any atom is 0.248 e. The van der Waals surface area contributed by atoms with E-state index in [4.69, 9.17) is 5.26 Å². The van der Waals surface area contributed by atoms with Crippen LogP contribution in [0.25, 0.3) is 0 Å². The van der Waals surface area contributed by atoms with E-state index in [0.29, 0.717) is 19.3 Å². The van der Waals surface area contributed by atoms with Gasteiger partial charge in [-0.3, -0.25) is 0 Å². The zero-order valence-electron chi connectivity index (χ0n) is 7.02. The second-order valence-electron chi connectivity index (χ2n) is 3.52. The van der Waals surface area contributed by atoms with Crippen molar-refractivity contribution < 1.29 is 8.78 Å².